The lowest BCUT2D eigenvalue weighted by molar-refractivity contribution is -0.139. The Morgan fingerprint density at radius 2 is 1.84 bits per heavy atom. The number of likely N-dealkylation sites (tertiary alicyclic amines) is 1. The summed E-state index contributed by atoms with van der Waals surface area (Å²) in [7, 11) is 1.89. The van der Waals surface area contributed by atoms with Crippen molar-refractivity contribution in [3.63, 3.8) is 0 Å². The maximum absolute atomic E-state index is 11.7. The summed E-state index contributed by atoms with van der Waals surface area (Å²) >= 11 is 0. The van der Waals surface area contributed by atoms with Gasteiger partial charge in [-0.25, -0.2) is 0 Å². The van der Waals surface area contributed by atoms with Gasteiger partial charge in [-0.15, -0.1) is 12.4 Å². The molecule has 2 aromatic rings. The zero-order chi connectivity index (χ0) is 17.1. The monoisotopic (exact) mass is 364 g/mol. The molecule has 0 bridgehead atoms. The fraction of sp³-hybridized carbons (Fsp3) is 0.412. The Morgan fingerprint density at radius 1 is 1.20 bits per heavy atom. The molecule has 7 nitrogen and oxygen atoms in total. The minimum atomic E-state index is -0.107. The lowest BCUT2D eigenvalue weighted by Gasteiger charge is -2.13. The van der Waals surface area contributed by atoms with Gasteiger partial charge in [0.05, 0.1) is 6.54 Å². The van der Waals surface area contributed by atoms with Crippen LogP contribution < -0.4 is 5.32 Å². The van der Waals surface area contributed by atoms with E-state index in [1.54, 1.807) is 0 Å². The molecule has 1 unspecified atom stereocenters. The van der Waals surface area contributed by atoms with Crippen LogP contribution in [0.3, 0.4) is 0 Å². The molecule has 0 saturated carbocycles. The number of amides is 2. The maximum Gasteiger partial charge on any atom is 0.257 e. The molecular weight excluding hydrogens is 344 g/mol. The first-order chi connectivity index (χ1) is 11.6. The molecule has 1 aliphatic rings. The van der Waals surface area contributed by atoms with E-state index in [4.69, 9.17) is 4.52 Å². The molecule has 1 atom stereocenters. The predicted molar refractivity (Wildman–Crippen MR) is 94.0 cm³/mol. The van der Waals surface area contributed by atoms with E-state index < -0.39 is 0 Å². The second kappa shape index (κ2) is 8.22. The normalized spacial score (nSPS) is 15.4. The fourth-order valence-corrected chi connectivity index (χ4v) is 2.56. The van der Waals surface area contributed by atoms with Gasteiger partial charge in [0.25, 0.3) is 5.89 Å². The summed E-state index contributed by atoms with van der Waals surface area (Å²) in [5.41, 5.74) is 1.71. The summed E-state index contributed by atoms with van der Waals surface area (Å²) in [4.78, 5) is 29.0. The Morgan fingerprint density at radius 3 is 2.44 bits per heavy atom. The van der Waals surface area contributed by atoms with Crippen molar-refractivity contribution in [3.05, 3.63) is 35.7 Å². The number of imide groups is 1. The molecule has 2 heterocycles. The number of carbonyl (C=O) groups excluding carboxylic acids is 2. The molecule has 1 aromatic heterocycles. The largest absolute Gasteiger partial charge is 0.334 e. The summed E-state index contributed by atoms with van der Waals surface area (Å²) in [5, 5.41) is 7.11. The molecule has 0 aliphatic carbocycles. The van der Waals surface area contributed by atoms with Crippen molar-refractivity contribution >= 4 is 24.2 Å². The number of aromatic nitrogens is 2. The molecule has 134 valence electrons. The van der Waals surface area contributed by atoms with Crippen LogP contribution in [0.1, 0.15) is 31.2 Å². The van der Waals surface area contributed by atoms with Crippen molar-refractivity contribution in [1.29, 1.82) is 0 Å². The van der Waals surface area contributed by atoms with E-state index >= 15 is 0 Å². The van der Waals surface area contributed by atoms with E-state index in [-0.39, 0.29) is 30.3 Å². The number of benzene rings is 1. The van der Waals surface area contributed by atoms with Crippen LogP contribution in [0.25, 0.3) is 11.5 Å². The lowest BCUT2D eigenvalue weighted by Crippen LogP contribution is -2.28. The van der Waals surface area contributed by atoms with E-state index in [2.05, 4.69) is 15.5 Å². The van der Waals surface area contributed by atoms with Gasteiger partial charge < -0.3 is 9.84 Å². The van der Waals surface area contributed by atoms with Crippen LogP contribution in [0.2, 0.25) is 0 Å². The van der Waals surface area contributed by atoms with E-state index in [0.29, 0.717) is 37.5 Å². The van der Waals surface area contributed by atoms with E-state index in [0.717, 1.165) is 11.1 Å². The van der Waals surface area contributed by atoms with E-state index in [9.17, 15) is 9.59 Å². The SMILES string of the molecule is CNC(C)Cc1noc(-c2ccc(CN3C(=O)CCC3=O)cc2)n1.Cl. The molecule has 3 rings (SSSR count). The van der Waals surface area contributed by atoms with Crippen molar-refractivity contribution in [2.24, 2.45) is 0 Å². The zero-order valence-corrected chi connectivity index (χ0v) is 15.0. The smallest absolute Gasteiger partial charge is 0.257 e. The number of nitrogens with zero attached hydrogens (tertiary/aromatic N) is 3. The first kappa shape index (κ1) is 19.1. The summed E-state index contributed by atoms with van der Waals surface area (Å²) in [5.74, 6) is 0.908. The Hall–Kier alpha value is -2.25. The molecule has 8 heteroatoms. The summed E-state index contributed by atoms with van der Waals surface area (Å²) < 4.78 is 5.30. The van der Waals surface area contributed by atoms with Crippen LogP contribution >= 0.6 is 12.4 Å². The topological polar surface area (TPSA) is 88.3 Å². The van der Waals surface area contributed by atoms with Gasteiger partial charge in [-0.2, -0.15) is 4.98 Å². The third-order valence-electron chi connectivity index (χ3n) is 4.15. The number of rotatable bonds is 6. The second-order valence-corrected chi connectivity index (χ2v) is 5.98. The number of nitrogens with one attached hydrogen (secondary N) is 1. The van der Waals surface area contributed by atoms with Gasteiger partial charge >= 0.3 is 0 Å². The van der Waals surface area contributed by atoms with Crippen LogP contribution in [-0.2, 0) is 22.6 Å². The first-order valence-corrected chi connectivity index (χ1v) is 7.99. The van der Waals surface area contributed by atoms with Crippen molar-refractivity contribution in [1.82, 2.24) is 20.4 Å². The van der Waals surface area contributed by atoms with Crippen molar-refractivity contribution in [2.45, 2.75) is 38.8 Å². The van der Waals surface area contributed by atoms with Crippen molar-refractivity contribution in [2.75, 3.05) is 7.05 Å². The molecule has 1 aliphatic heterocycles. The van der Waals surface area contributed by atoms with Crippen LogP contribution in [0, 0.1) is 0 Å². The zero-order valence-electron chi connectivity index (χ0n) is 14.2. The lowest BCUT2D eigenvalue weighted by atomic mass is 10.1. The number of likely N-dealkylation sites (N-methyl/N-ethyl adjacent to an activating group) is 1. The third kappa shape index (κ3) is 4.43. The molecule has 0 spiro atoms. The number of hydrogen-bond donors (Lipinski definition) is 1. The van der Waals surface area contributed by atoms with Gasteiger partial charge in [-0.3, -0.25) is 14.5 Å². The molecule has 1 fully saturated rings. The Kier molecular flexibility index (Phi) is 6.27. The second-order valence-electron chi connectivity index (χ2n) is 5.98. The third-order valence-corrected chi connectivity index (χ3v) is 4.15. The molecule has 1 saturated heterocycles. The summed E-state index contributed by atoms with van der Waals surface area (Å²) in [6, 6.07) is 7.73. The molecule has 1 aromatic carbocycles. The van der Waals surface area contributed by atoms with Gasteiger partial charge in [0, 0.05) is 30.9 Å². The molecule has 25 heavy (non-hydrogen) atoms. The maximum atomic E-state index is 11.7. The Labute approximate surface area is 152 Å². The number of carbonyl (C=O) groups is 2. The van der Waals surface area contributed by atoms with Crippen LogP contribution in [0.15, 0.2) is 28.8 Å². The van der Waals surface area contributed by atoms with Gasteiger partial charge in [0.15, 0.2) is 5.82 Å². The quantitative estimate of drug-likeness (QED) is 0.788. The van der Waals surface area contributed by atoms with Crippen molar-refractivity contribution < 1.29 is 14.1 Å². The minimum absolute atomic E-state index is 0. The standard InChI is InChI=1S/C17H20N4O3.ClH/c1-11(18-2)9-14-19-17(24-20-14)13-5-3-12(4-6-13)10-21-15(22)7-8-16(21)23;/h3-6,11,18H,7-10H2,1-2H3;1H. The van der Waals surface area contributed by atoms with Crippen LogP contribution in [0.4, 0.5) is 0 Å². The van der Waals surface area contributed by atoms with Gasteiger partial charge in [0.1, 0.15) is 0 Å². The summed E-state index contributed by atoms with van der Waals surface area (Å²) in [6.07, 6.45) is 1.32. The van der Waals surface area contributed by atoms with E-state index in [1.165, 1.54) is 4.90 Å². The minimum Gasteiger partial charge on any atom is -0.334 e. The number of halogens is 1. The van der Waals surface area contributed by atoms with Crippen LogP contribution in [0.5, 0.6) is 0 Å². The predicted octanol–water partition coefficient (Wildman–Crippen LogP) is 1.96. The van der Waals surface area contributed by atoms with Crippen LogP contribution in [-0.4, -0.2) is 39.9 Å². The molecule has 1 N–H and O–H groups in total. The average molecular weight is 365 g/mol. The van der Waals surface area contributed by atoms with Gasteiger partial charge in [-0.05, 0) is 31.7 Å². The highest BCUT2D eigenvalue weighted by Crippen LogP contribution is 2.20. The molecule has 2 amide bonds. The molecule has 0 radical (unpaired) electrons. The first-order valence-electron chi connectivity index (χ1n) is 7.99. The Balaban J connectivity index is 0.00000225. The van der Waals surface area contributed by atoms with Gasteiger partial charge in [0.2, 0.25) is 11.8 Å². The highest BCUT2D eigenvalue weighted by Gasteiger charge is 2.28. The fourth-order valence-electron chi connectivity index (χ4n) is 2.56. The van der Waals surface area contributed by atoms with Gasteiger partial charge in [-0.1, -0.05) is 17.3 Å². The highest BCUT2D eigenvalue weighted by atomic mass is 35.5. The number of hydrogen-bond acceptors (Lipinski definition) is 6. The highest BCUT2D eigenvalue weighted by molar-refractivity contribution is 6.01. The van der Waals surface area contributed by atoms with E-state index in [1.807, 2.05) is 38.2 Å². The average Bonchev–Trinajstić information content (AvgIpc) is 3.17. The molecular formula is C17H21ClN4O3. The van der Waals surface area contributed by atoms with Crippen molar-refractivity contribution in [3.8, 4) is 11.5 Å². The summed E-state index contributed by atoms with van der Waals surface area (Å²) in [6.45, 7) is 2.36. The Bertz CT molecular complexity index is 729.